The van der Waals surface area contributed by atoms with Gasteiger partial charge in [-0.15, -0.1) is 0 Å². The summed E-state index contributed by atoms with van der Waals surface area (Å²) in [6.45, 7) is 3.32. The molecule has 0 fully saturated rings. The van der Waals surface area contributed by atoms with Gasteiger partial charge in [-0.2, -0.15) is 5.26 Å². The monoisotopic (exact) mass is 460 g/mol. The molecule has 0 bridgehead atoms. The minimum atomic E-state index is -0.790. The Morgan fingerprint density at radius 2 is 1.56 bits per heavy atom. The van der Waals surface area contributed by atoms with Crippen LogP contribution in [0.5, 0.6) is 17.2 Å². The Kier molecular flexibility index (Phi) is 9.18. The molecule has 0 aliphatic heterocycles. The Morgan fingerprint density at radius 1 is 0.912 bits per heavy atom. The summed E-state index contributed by atoms with van der Waals surface area (Å²) in [5.74, 6) is 1.53. The van der Waals surface area contributed by atoms with Gasteiger partial charge >= 0.3 is 5.97 Å². The summed E-state index contributed by atoms with van der Waals surface area (Å²) < 4.78 is 22.4. The number of ether oxygens (including phenoxy) is 4. The Bertz CT molecular complexity index is 1090. The predicted molar refractivity (Wildman–Crippen MR) is 129 cm³/mol. The molecule has 0 heterocycles. The lowest BCUT2D eigenvalue weighted by Crippen LogP contribution is -2.22. The third-order valence-electron chi connectivity index (χ3n) is 4.88. The Hall–Kier alpha value is -4.18. The molecule has 1 unspecified atom stereocenters. The van der Waals surface area contributed by atoms with Crippen LogP contribution in [0, 0.1) is 11.3 Å². The number of methoxy groups -OCH3 is 1. The first-order chi connectivity index (χ1) is 16.6. The first-order valence-electron chi connectivity index (χ1n) is 11.1. The van der Waals surface area contributed by atoms with Crippen LogP contribution in [0.1, 0.15) is 30.5 Å². The number of hydrogen-bond acceptors (Lipinski definition) is 7. The third kappa shape index (κ3) is 7.17. The SMILES string of the molecule is CCOc1cc(OCCCOc2ccccc2)cc(C(Nc2ccc(C#N)cc2)C(=O)OC)c1. The maximum atomic E-state index is 12.6. The van der Waals surface area contributed by atoms with Crippen LogP contribution in [0.25, 0.3) is 0 Å². The van der Waals surface area contributed by atoms with E-state index in [0.29, 0.717) is 54.6 Å². The van der Waals surface area contributed by atoms with Gasteiger partial charge in [0.05, 0.1) is 38.6 Å². The second-order valence-electron chi connectivity index (χ2n) is 7.32. The highest BCUT2D eigenvalue weighted by Gasteiger charge is 2.23. The maximum absolute atomic E-state index is 12.6. The van der Waals surface area contributed by atoms with Gasteiger partial charge in [-0.25, -0.2) is 4.79 Å². The quantitative estimate of drug-likeness (QED) is 0.296. The molecule has 3 aromatic carbocycles. The van der Waals surface area contributed by atoms with E-state index in [1.807, 2.05) is 37.3 Å². The predicted octanol–water partition coefficient (Wildman–Crippen LogP) is 5.13. The van der Waals surface area contributed by atoms with E-state index >= 15 is 0 Å². The second-order valence-corrected chi connectivity index (χ2v) is 7.32. The lowest BCUT2D eigenvalue weighted by Gasteiger charge is -2.20. The average Bonchev–Trinajstić information content (AvgIpc) is 2.87. The molecule has 7 heteroatoms. The molecular formula is C27H28N2O5. The van der Waals surface area contributed by atoms with E-state index in [1.165, 1.54) is 7.11 Å². The average molecular weight is 461 g/mol. The molecule has 0 saturated carbocycles. The van der Waals surface area contributed by atoms with Gasteiger partial charge in [0, 0.05) is 18.2 Å². The number of carbonyl (C=O) groups is 1. The second kappa shape index (κ2) is 12.8. The molecule has 0 aromatic heterocycles. The summed E-state index contributed by atoms with van der Waals surface area (Å²) in [6, 6.07) is 23.1. The fourth-order valence-electron chi connectivity index (χ4n) is 3.25. The van der Waals surface area contributed by atoms with Crippen LogP contribution in [0.2, 0.25) is 0 Å². The molecular weight excluding hydrogens is 432 g/mol. The highest BCUT2D eigenvalue weighted by Crippen LogP contribution is 2.30. The molecule has 1 N–H and O–H groups in total. The lowest BCUT2D eigenvalue weighted by molar-refractivity contribution is -0.141. The van der Waals surface area contributed by atoms with Gasteiger partial charge in [0.2, 0.25) is 0 Å². The van der Waals surface area contributed by atoms with Crippen molar-refractivity contribution in [2.45, 2.75) is 19.4 Å². The van der Waals surface area contributed by atoms with E-state index in [4.69, 9.17) is 24.2 Å². The first-order valence-corrected chi connectivity index (χ1v) is 11.1. The summed E-state index contributed by atoms with van der Waals surface area (Å²) in [5, 5.41) is 12.2. The molecule has 0 saturated heterocycles. The molecule has 7 nitrogen and oxygen atoms in total. The van der Waals surface area contributed by atoms with Crippen LogP contribution >= 0.6 is 0 Å². The van der Waals surface area contributed by atoms with Crippen molar-refractivity contribution in [1.29, 1.82) is 5.26 Å². The maximum Gasteiger partial charge on any atom is 0.332 e. The minimum Gasteiger partial charge on any atom is -0.494 e. The Balaban J connectivity index is 1.71. The number of esters is 1. The highest BCUT2D eigenvalue weighted by molar-refractivity contribution is 5.81. The standard InChI is InChI=1S/C27H28N2O5/c1-3-32-24-16-21(26(27(30)31-2)29-22-12-10-20(19-28)11-13-22)17-25(18-24)34-15-7-14-33-23-8-5-4-6-9-23/h4-6,8-13,16-18,26,29H,3,7,14-15H2,1-2H3. The minimum absolute atomic E-state index is 0.438. The summed E-state index contributed by atoms with van der Waals surface area (Å²) in [5.41, 5.74) is 1.85. The molecule has 3 rings (SSSR count). The normalized spacial score (nSPS) is 11.1. The number of nitrogens with zero attached hydrogens (tertiary/aromatic N) is 1. The van der Waals surface area contributed by atoms with Crippen molar-refractivity contribution in [3.63, 3.8) is 0 Å². The van der Waals surface area contributed by atoms with E-state index in [2.05, 4.69) is 11.4 Å². The molecule has 3 aromatic rings. The van der Waals surface area contributed by atoms with Crippen molar-refractivity contribution in [3.05, 3.63) is 83.9 Å². The van der Waals surface area contributed by atoms with Crippen LogP contribution < -0.4 is 19.5 Å². The summed E-state index contributed by atoms with van der Waals surface area (Å²) in [7, 11) is 1.34. The van der Waals surface area contributed by atoms with Gasteiger partial charge < -0.3 is 24.3 Å². The molecule has 0 spiro atoms. The Labute approximate surface area is 199 Å². The van der Waals surface area contributed by atoms with E-state index < -0.39 is 12.0 Å². The van der Waals surface area contributed by atoms with Crippen molar-refractivity contribution in [2.75, 3.05) is 32.2 Å². The van der Waals surface area contributed by atoms with Crippen molar-refractivity contribution in [2.24, 2.45) is 0 Å². The molecule has 0 amide bonds. The molecule has 1 atom stereocenters. The number of rotatable bonds is 12. The fourth-order valence-corrected chi connectivity index (χ4v) is 3.25. The van der Waals surface area contributed by atoms with E-state index in [1.54, 1.807) is 42.5 Å². The topological polar surface area (TPSA) is 89.8 Å². The van der Waals surface area contributed by atoms with E-state index in [-0.39, 0.29) is 0 Å². The van der Waals surface area contributed by atoms with Gasteiger partial charge in [0.1, 0.15) is 17.2 Å². The molecule has 34 heavy (non-hydrogen) atoms. The van der Waals surface area contributed by atoms with Gasteiger partial charge in [0.25, 0.3) is 0 Å². The summed E-state index contributed by atoms with van der Waals surface area (Å²) in [4.78, 5) is 12.6. The molecule has 0 aliphatic carbocycles. The van der Waals surface area contributed by atoms with Crippen LogP contribution in [0.15, 0.2) is 72.8 Å². The van der Waals surface area contributed by atoms with Crippen molar-refractivity contribution < 1.29 is 23.7 Å². The number of hydrogen-bond donors (Lipinski definition) is 1. The number of para-hydroxylation sites is 1. The number of anilines is 1. The van der Waals surface area contributed by atoms with Crippen LogP contribution in [0.3, 0.4) is 0 Å². The Morgan fingerprint density at radius 3 is 2.18 bits per heavy atom. The first kappa shape index (κ1) is 24.5. The van der Waals surface area contributed by atoms with Crippen molar-refractivity contribution in [3.8, 4) is 23.3 Å². The summed E-state index contributed by atoms with van der Waals surface area (Å²) >= 11 is 0. The van der Waals surface area contributed by atoms with Crippen LogP contribution in [-0.4, -0.2) is 32.9 Å². The molecule has 0 radical (unpaired) electrons. The highest BCUT2D eigenvalue weighted by atomic mass is 16.5. The van der Waals surface area contributed by atoms with E-state index in [0.717, 1.165) is 5.75 Å². The number of nitrogens with one attached hydrogen (secondary N) is 1. The van der Waals surface area contributed by atoms with Gasteiger partial charge in [0.15, 0.2) is 6.04 Å². The molecule has 176 valence electrons. The zero-order valence-corrected chi connectivity index (χ0v) is 19.3. The number of benzene rings is 3. The van der Waals surface area contributed by atoms with Crippen LogP contribution in [0.4, 0.5) is 5.69 Å². The van der Waals surface area contributed by atoms with Crippen LogP contribution in [-0.2, 0) is 9.53 Å². The lowest BCUT2D eigenvalue weighted by atomic mass is 10.1. The van der Waals surface area contributed by atoms with Crippen molar-refractivity contribution >= 4 is 11.7 Å². The van der Waals surface area contributed by atoms with Gasteiger partial charge in [-0.05, 0) is 61.0 Å². The largest absolute Gasteiger partial charge is 0.494 e. The zero-order valence-electron chi connectivity index (χ0n) is 19.3. The zero-order chi connectivity index (χ0) is 24.2. The van der Waals surface area contributed by atoms with Crippen molar-refractivity contribution in [1.82, 2.24) is 0 Å². The van der Waals surface area contributed by atoms with E-state index in [9.17, 15) is 4.79 Å². The third-order valence-corrected chi connectivity index (χ3v) is 4.88. The number of nitriles is 1. The van der Waals surface area contributed by atoms with Gasteiger partial charge in [-0.1, -0.05) is 18.2 Å². The summed E-state index contributed by atoms with van der Waals surface area (Å²) in [6.07, 6.45) is 0.688. The smallest absolute Gasteiger partial charge is 0.332 e. The fraction of sp³-hybridized carbons (Fsp3) is 0.259. The number of carbonyl (C=O) groups excluding carboxylic acids is 1. The van der Waals surface area contributed by atoms with Gasteiger partial charge in [-0.3, -0.25) is 0 Å². The molecule has 0 aliphatic rings.